The van der Waals surface area contributed by atoms with Crippen molar-refractivity contribution in [1.82, 2.24) is 10.3 Å². The van der Waals surface area contributed by atoms with E-state index in [0.29, 0.717) is 5.82 Å². The molecule has 106 valence electrons. The highest BCUT2D eigenvalue weighted by Gasteiger charge is 2.15. The number of pyridine rings is 1. The molecule has 1 aromatic carbocycles. The van der Waals surface area contributed by atoms with Crippen LogP contribution in [-0.2, 0) is 6.42 Å². The smallest absolute Gasteiger partial charge is 0.128 e. The number of rotatable bonds is 6. The summed E-state index contributed by atoms with van der Waals surface area (Å²) < 4.78 is 1.13. The van der Waals surface area contributed by atoms with E-state index in [1.807, 2.05) is 18.2 Å². The summed E-state index contributed by atoms with van der Waals surface area (Å²) in [5, 5.41) is 3.56. The second kappa shape index (κ2) is 7.41. The molecule has 20 heavy (non-hydrogen) atoms. The van der Waals surface area contributed by atoms with Gasteiger partial charge in [-0.3, -0.25) is 0 Å². The van der Waals surface area contributed by atoms with Gasteiger partial charge in [0.15, 0.2) is 0 Å². The zero-order valence-electron chi connectivity index (χ0n) is 11.6. The number of halogens is 1. The van der Waals surface area contributed by atoms with Gasteiger partial charge in [0.1, 0.15) is 5.82 Å². The fourth-order valence-corrected chi connectivity index (χ4v) is 2.67. The molecule has 0 radical (unpaired) electrons. The van der Waals surface area contributed by atoms with Gasteiger partial charge in [-0.1, -0.05) is 47.1 Å². The number of nitrogens with one attached hydrogen (secondary N) is 1. The van der Waals surface area contributed by atoms with E-state index in [2.05, 4.69) is 51.4 Å². The van der Waals surface area contributed by atoms with Gasteiger partial charge >= 0.3 is 0 Å². The molecule has 0 bridgehead atoms. The van der Waals surface area contributed by atoms with E-state index in [0.717, 1.165) is 29.4 Å². The Balaban J connectivity index is 2.24. The van der Waals surface area contributed by atoms with Gasteiger partial charge in [-0.25, -0.2) is 4.98 Å². The minimum atomic E-state index is 0.183. The van der Waals surface area contributed by atoms with Crippen LogP contribution in [0.2, 0.25) is 0 Å². The maximum atomic E-state index is 6.02. The lowest BCUT2D eigenvalue weighted by Gasteiger charge is -2.20. The highest BCUT2D eigenvalue weighted by Crippen LogP contribution is 2.26. The lowest BCUT2D eigenvalue weighted by atomic mass is 9.99. The topological polar surface area (TPSA) is 50.9 Å². The molecule has 1 aromatic heterocycles. The summed E-state index contributed by atoms with van der Waals surface area (Å²) in [6, 6.07) is 12.5. The van der Waals surface area contributed by atoms with Crippen molar-refractivity contribution in [1.29, 1.82) is 0 Å². The van der Waals surface area contributed by atoms with Gasteiger partial charge < -0.3 is 11.1 Å². The third-order valence-electron chi connectivity index (χ3n) is 3.27. The number of nitrogens with zero attached hydrogens (tertiary/aromatic N) is 1. The third kappa shape index (κ3) is 3.81. The molecule has 3 nitrogen and oxygen atoms in total. The molecule has 0 saturated carbocycles. The molecule has 2 aromatic rings. The Bertz CT molecular complexity index is 557. The van der Waals surface area contributed by atoms with E-state index in [1.165, 1.54) is 5.56 Å². The summed E-state index contributed by atoms with van der Waals surface area (Å²) in [5.41, 5.74) is 8.36. The molecule has 1 unspecified atom stereocenters. The second-order valence-corrected chi connectivity index (χ2v) is 5.63. The SMILES string of the molecule is CCCNC(Cc1ccccc1Br)c1cccnc1N. The van der Waals surface area contributed by atoms with Crippen molar-refractivity contribution in [3.8, 4) is 0 Å². The molecule has 3 N–H and O–H groups in total. The number of hydrogen-bond acceptors (Lipinski definition) is 3. The van der Waals surface area contributed by atoms with Crippen LogP contribution in [-0.4, -0.2) is 11.5 Å². The molecule has 2 rings (SSSR count). The molecular formula is C16H20BrN3. The van der Waals surface area contributed by atoms with Crippen LogP contribution >= 0.6 is 15.9 Å². The van der Waals surface area contributed by atoms with Crippen molar-refractivity contribution >= 4 is 21.7 Å². The van der Waals surface area contributed by atoms with Crippen LogP contribution in [0.5, 0.6) is 0 Å². The lowest BCUT2D eigenvalue weighted by Crippen LogP contribution is -2.25. The fourth-order valence-electron chi connectivity index (χ4n) is 2.22. The van der Waals surface area contributed by atoms with E-state index in [-0.39, 0.29) is 6.04 Å². The number of aromatic nitrogens is 1. The number of nitrogen functional groups attached to an aromatic ring is 1. The summed E-state index contributed by atoms with van der Waals surface area (Å²) in [6.45, 7) is 3.12. The standard InChI is InChI=1S/C16H20BrN3/c1-2-9-19-15(13-7-5-10-20-16(13)18)11-12-6-3-4-8-14(12)17/h3-8,10,15,19H,2,9,11H2,1H3,(H2,18,20). The maximum absolute atomic E-state index is 6.02. The molecule has 0 aliphatic heterocycles. The van der Waals surface area contributed by atoms with Crippen molar-refractivity contribution < 1.29 is 0 Å². The first kappa shape index (κ1) is 15.0. The Morgan fingerprint density at radius 3 is 2.75 bits per heavy atom. The van der Waals surface area contributed by atoms with Crippen molar-refractivity contribution in [2.45, 2.75) is 25.8 Å². The number of anilines is 1. The van der Waals surface area contributed by atoms with Crippen LogP contribution in [0.25, 0.3) is 0 Å². The summed E-state index contributed by atoms with van der Waals surface area (Å²) in [5.74, 6) is 0.605. The van der Waals surface area contributed by atoms with Crippen LogP contribution in [0.1, 0.15) is 30.5 Å². The zero-order chi connectivity index (χ0) is 14.4. The highest BCUT2D eigenvalue weighted by atomic mass is 79.9. The molecule has 0 saturated heterocycles. The monoisotopic (exact) mass is 333 g/mol. The molecule has 0 aliphatic rings. The molecule has 0 spiro atoms. The van der Waals surface area contributed by atoms with Gasteiger partial charge in [0.05, 0.1) is 0 Å². The summed E-state index contributed by atoms with van der Waals surface area (Å²) in [6.07, 6.45) is 3.71. The molecule has 1 heterocycles. The first-order valence-electron chi connectivity index (χ1n) is 6.89. The quantitative estimate of drug-likeness (QED) is 0.847. The molecule has 0 aliphatic carbocycles. The van der Waals surface area contributed by atoms with Gasteiger partial charge in [0.2, 0.25) is 0 Å². The molecule has 4 heteroatoms. The predicted octanol–water partition coefficient (Wildman–Crippen LogP) is 3.71. The van der Waals surface area contributed by atoms with E-state index in [4.69, 9.17) is 5.73 Å². The van der Waals surface area contributed by atoms with Crippen molar-refractivity contribution in [3.63, 3.8) is 0 Å². The van der Waals surface area contributed by atoms with Crippen molar-refractivity contribution in [3.05, 3.63) is 58.2 Å². The van der Waals surface area contributed by atoms with E-state index in [1.54, 1.807) is 6.20 Å². The van der Waals surface area contributed by atoms with Crippen LogP contribution in [0.15, 0.2) is 47.1 Å². The average molecular weight is 334 g/mol. The van der Waals surface area contributed by atoms with Crippen molar-refractivity contribution in [2.75, 3.05) is 12.3 Å². The third-order valence-corrected chi connectivity index (χ3v) is 4.04. The van der Waals surface area contributed by atoms with E-state index >= 15 is 0 Å². The van der Waals surface area contributed by atoms with Crippen LogP contribution in [0.4, 0.5) is 5.82 Å². The first-order chi connectivity index (χ1) is 9.72. The van der Waals surface area contributed by atoms with Crippen LogP contribution in [0.3, 0.4) is 0 Å². The Labute approximate surface area is 128 Å². The van der Waals surface area contributed by atoms with E-state index < -0.39 is 0 Å². The normalized spacial score (nSPS) is 12.3. The Morgan fingerprint density at radius 1 is 1.25 bits per heavy atom. The summed E-state index contributed by atoms with van der Waals surface area (Å²) >= 11 is 3.61. The Morgan fingerprint density at radius 2 is 2.05 bits per heavy atom. The first-order valence-corrected chi connectivity index (χ1v) is 7.68. The van der Waals surface area contributed by atoms with Gasteiger partial charge in [-0.15, -0.1) is 0 Å². The van der Waals surface area contributed by atoms with Crippen LogP contribution < -0.4 is 11.1 Å². The summed E-state index contributed by atoms with van der Waals surface area (Å²) in [4.78, 5) is 4.20. The number of hydrogen-bond donors (Lipinski definition) is 2. The number of benzene rings is 1. The average Bonchev–Trinajstić information content (AvgIpc) is 2.46. The minimum absolute atomic E-state index is 0.183. The van der Waals surface area contributed by atoms with Gasteiger partial charge in [-0.05, 0) is 37.1 Å². The van der Waals surface area contributed by atoms with Crippen molar-refractivity contribution in [2.24, 2.45) is 0 Å². The zero-order valence-corrected chi connectivity index (χ0v) is 13.2. The van der Waals surface area contributed by atoms with Crippen LogP contribution in [0, 0.1) is 0 Å². The largest absolute Gasteiger partial charge is 0.383 e. The molecule has 1 atom stereocenters. The molecule has 0 amide bonds. The Kier molecular flexibility index (Phi) is 5.56. The lowest BCUT2D eigenvalue weighted by molar-refractivity contribution is 0.529. The van der Waals surface area contributed by atoms with Gasteiger partial charge in [-0.2, -0.15) is 0 Å². The predicted molar refractivity (Wildman–Crippen MR) is 87.5 cm³/mol. The second-order valence-electron chi connectivity index (χ2n) is 4.78. The number of nitrogens with two attached hydrogens (primary N) is 1. The van der Waals surface area contributed by atoms with Gasteiger partial charge in [0.25, 0.3) is 0 Å². The highest BCUT2D eigenvalue weighted by molar-refractivity contribution is 9.10. The maximum Gasteiger partial charge on any atom is 0.128 e. The van der Waals surface area contributed by atoms with Gasteiger partial charge in [0, 0.05) is 22.3 Å². The fraction of sp³-hybridized carbons (Fsp3) is 0.312. The minimum Gasteiger partial charge on any atom is -0.383 e. The molecule has 0 fully saturated rings. The Hall–Kier alpha value is -1.39. The summed E-state index contributed by atoms with van der Waals surface area (Å²) in [7, 11) is 0. The van der Waals surface area contributed by atoms with E-state index in [9.17, 15) is 0 Å². The molecular weight excluding hydrogens is 314 g/mol.